The number of carbonyl (C=O) groups excluding carboxylic acids is 2. The van der Waals surface area contributed by atoms with Crippen LogP contribution in [-0.2, 0) is 9.59 Å². The van der Waals surface area contributed by atoms with Crippen LogP contribution in [0, 0.1) is 5.82 Å². The number of nitrogens with one attached hydrogen (secondary N) is 2. The molecule has 7 nitrogen and oxygen atoms in total. The number of benzene rings is 2. The average Bonchev–Trinajstić information content (AvgIpc) is 2.77. The van der Waals surface area contributed by atoms with Gasteiger partial charge in [0, 0.05) is 38.4 Å². The van der Waals surface area contributed by atoms with Crippen LogP contribution >= 0.6 is 11.6 Å². The molecule has 166 valence electrons. The van der Waals surface area contributed by atoms with Crippen LogP contribution < -0.4 is 15.4 Å². The molecule has 1 atom stereocenters. The molecule has 3 rings (SSSR count). The minimum Gasteiger partial charge on any atom is -0.497 e. The third-order valence-corrected chi connectivity index (χ3v) is 5.61. The molecule has 1 aliphatic rings. The van der Waals surface area contributed by atoms with Crippen molar-refractivity contribution in [2.75, 3.05) is 52.2 Å². The van der Waals surface area contributed by atoms with E-state index in [0.717, 1.165) is 43.6 Å². The minimum atomic E-state index is -0.838. The predicted molar refractivity (Wildman–Crippen MR) is 118 cm³/mol. The van der Waals surface area contributed by atoms with E-state index >= 15 is 0 Å². The van der Waals surface area contributed by atoms with Crippen molar-refractivity contribution in [3.05, 3.63) is 58.9 Å². The molecule has 1 saturated heterocycles. The molecule has 0 bridgehead atoms. The standard InChI is InChI=1S/C22H26ClFN4O3/c1-27-9-11-28(12-10-27)20(15-3-6-17(31-2)7-4-15)14-25-21(29)22(30)26-16-5-8-19(24)18(23)13-16/h3-8,13,20H,9-12,14H2,1-2H3,(H,25,29)(H,26,30)/t20-/m1/s1. The largest absolute Gasteiger partial charge is 0.497 e. The molecule has 2 aromatic rings. The summed E-state index contributed by atoms with van der Waals surface area (Å²) in [4.78, 5) is 29.2. The quantitative estimate of drug-likeness (QED) is 0.664. The molecule has 0 saturated carbocycles. The van der Waals surface area contributed by atoms with Crippen molar-refractivity contribution >= 4 is 29.1 Å². The number of likely N-dealkylation sites (N-methyl/N-ethyl adjacent to an activating group) is 1. The second-order valence-corrected chi connectivity index (χ2v) is 7.83. The zero-order valence-corrected chi connectivity index (χ0v) is 18.3. The summed E-state index contributed by atoms with van der Waals surface area (Å²) in [5.41, 5.74) is 1.27. The molecule has 2 amide bonds. The van der Waals surface area contributed by atoms with Crippen LogP contribution in [-0.4, -0.2) is 68.5 Å². The number of carbonyl (C=O) groups is 2. The Morgan fingerprint density at radius 2 is 1.77 bits per heavy atom. The molecule has 9 heteroatoms. The Bertz CT molecular complexity index is 917. The molecule has 1 heterocycles. The van der Waals surface area contributed by atoms with Crippen molar-refractivity contribution in [2.45, 2.75) is 6.04 Å². The SMILES string of the molecule is COc1ccc([C@@H](CNC(=O)C(=O)Nc2ccc(F)c(Cl)c2)N2CCN(C)CC2)cc1. The molecule has 0 aliphatic carbocycles. The lowest BCUT2D eigenvalue weighted by Gasteiger charge is -2.38. The van der Waals surface area contributed by atoms with Crippen molar-refractivity contribution in [3.8, 4) is 5.75 Å². The second-order valence-electron chi connectivity index (χ2n) is 7.42. The lowest BCUT2D eigenvalue weighted by molar-refractivity contribution is -0.136. The van der Waals surface area contributed by atoms with Gasteiger partial charge < -0.3 is 20.3 Å². The van der Waals surface area contributed by atoms with E-state index in [2.05, 4.69) is 27.5 Å². The first kappa shape index (κ1) is 23.0. The molecule has 0 radical (unpaired) electrons. The maximum atomic E-state index is 13.3. The van der Waals surface area contributed by atoms with Crippen molar-refractivity contribution in [3.63, 3.8) is 0 Å². The molecule has 0 unspecified atom stereocenters. The summed E-state index contributed by atoms with van der Waals surface area (Å²) in [6, 6.07) is 11.3. The van der Waals surface area contributed by atoms with Crippen LogP contribution in [0.2, 0.25) is 5.02 Å². The molecular weight excluding hydrogens is 423 g/mol. The molecular formula is C22H26ClFN4O3. The maximum Gasteiger partial charge on any atom is 0.313 e. The van der Waals surface area contributed by atoms with Gasteiger partial charge in [0.05, 0.1) is 18.2 Å². The Balaban J connectivity index is 1.66. The van der Waals surface area contributed by atoms with Crippen molar-refractivity contribution in [1.29, 1.82) is 0 Å². The van der Waals surface area contributed by atoms with E-state index in [1.165, 1.54) is 12.1 Å². The summed E-state index contributed by atoms with van der Waals surface area (Å²) >= 11 is 5.72. The number of ether oxygens (including phenoxy) is 1. The Kier molecular flexibility index (Phi) is 7.84. The van der Waals surface area contributed by atoms with E-state index in [1.54, 1.807) is 7.11 Å². The average molecular weight is 449 g/mol. The number of rotatable bonds is 6. The highest BCUT2D eigenvalue weighted by Gasteiger charge is 2.25. The van der Waals surface area contributed by atoms with Gasteiger partial charge in [-0.2, -0.15) is 0 Å². The maximum absolute atomic E-state index is 13.3. The van der Waals surface area contributed by atoms with Gasteiger partial charge >= 0.3 is 11.8 Å². The van der Waals surface area contributed by atoms with Gasteiger partial charge in [-0.05, 0) is 42.9 Å². The molecule has 0 aromatic heterocycles. The summed E-state index contributed by atoms with van der Waals surface area (Å²) in [6.45, 7) is 3.82. The Hall–Kier alpha value is -2.68. The van der Waals surface area contributed by atoms with Crippen molar-refractivity contribution < 1.29 is 18.7 Å². The van der Waals surface area contributed by atoms with Gasteiger partial charge in [-0.1, -0.05) is 23.7 Å². The number of halogens is 2. The Morgan fingerprint density at radius 3 is 2.39 bits per heavy atom. The topological polar surface area (TPSA) is 73.9 Å². The van der Waals surface area contributed by atoms with Crippen molar-refractivity contribution in [2.24, 2.45) is 0 Å². The van der Waals surface area contributed by atoms with E-state index in [-0.39, 0.29) is 23.3 Å². The molecule has 31 heavy (non-hydrogen) atoms. The first-order valence-electron chi connectivity index (χ1n) is 9.98. The molecule has 2 aromatic carbocycles. The smallest absolute Gasteiger partial charge is 0.313 e. The van der Waals surface area contributed by atoms with Crippen LogP contribution in [0.1, 0.15) is 11.6 Å². The number of anilines is 1. The highest BCUT2D eigenvalue weighted by Crippen LogP contribution is 2.24. The monoisotopic (exact) mass is 448 g/mol. The van der Waals surface area contributed by atoms with E-state index < -0.39 is 17.6 Å². The highest BCUT2D eigenvalue weighted by atomic mass is 35.5. The van der Waals surface area contributed by atoms with Gasteiger partial charge in [0.2, 0.25) is 0 Å². The molecule has 0 spiro atoms. The first-order chi connectivity index (χ1) is 14.9. The fourth-order valence-corrected chi connectivity index (χ4v) is 3.63. The van der Waals surface area contributed by atoms with Gasteiger partial charge in [-0.3, -0.25) is 14.5 Å². The summed E-state index contributed by atoms with van der Waals surface area (Å²) < 4.78 is 18.5. The van der Waals surface area contributed by atoms with Crippen LogP contribution in [0.25, 0.3) is 0 Å². The Morgan fingerprint density at radius 1 is 1.10 bits per heavy atom. The zero-order valence-electron chi connectivity index (χ0n) is 17.5. The third-order valence-electron chi connectivity index (χ3n) is 5.32. The first-order valence-corrected chi connectivity index (χ1v) is 10.4. The molecule has 2 N–H and O–H groups in total. The fourth-order valence-electron chi connectivity index (χ4n) is 3.45. The van der Waals surface area contributed by atoms with Crippen LogP contribution in [0.3, 0.4) is 0 Å². The molecule has 1 aliphatic heterocycles. The number of amides is 2. The van der Waals surface area contributed by atoms with Gasteiger partial charge in [0.1, 0.15) is 11.6 Å². The predicted octanol–water partition coefficient (Wildman–Crippen LogP) is 2.53. The number of nitrogens with zero attached hydrogens (tertiary/aromatic N) is 2. The summed E-state index contributed by atoms with van der Waals surface area (Å²) in [6.07, 6.45) is 0. The number of hydrogen-bond donors (Lipinski definition) is 2. The third kappa shape index (κ3) is 6.16. The lowest BCUT2D eigenvalue weighted by atomic mass is 10.0. The minimum absolute atomic E-state index is 0.0865. The van der Waals surface area contributed by atoms with E-state index in [9.17, 15) is 14.0 Å². The summed E-state index contributed by atoms with van der Waals surface area (Å²) in [7, 11) is 3.69. The fraction of sp³-hybridized carbons (Fsp3) is 0.364. The van der Waals surface area contributed by atoms with E-state index in [4.69, 9.17) is 16.3 Å². The van der Waals surface area contributed by atoms with Crippen LogP contribution in [0.4, 0.5) is 10.1 Å². The Labute approximate surface area is 186 Å². The second kappa shape index (κ2) is 10.6. The van der Waals surface area contributed by atoms with Crippen LogP contribution in [0.5, 0.6) is 5.75 Å². The van der Waals surface area contributed by atoms with Gasteiger partial charge in [-0.15, -0.1) is 0 Å². The van der Waals surface area contributed by atoms with E-state index in [0.29, 0.717) is 0 Å². The number of piperazine rings is 1. The molecule has 1 fully saturated rings. The van der Waals surface area contributed by atoms with E-state index in [1.807, 2.05) is 24.3 Å². The highest BCUT2D eigenvalue weighted by molar-refractivity contribution is 6.39. The van der Waals surface area contributed by atoms with Crippen LogP contribution in [0.15, 0.2) is 42.5 Å². The summed E-state index contributed by atoms with van der Waals surface area (Å²) in [5, 5.41) is 5.02. The van der Waals surface area contributed by atoms with Gasteiger partial charge in [-0.25, -0.2) is 4.39 Å². The van der Waals surface area contributed by atoms with Crippen molar-refractivity contribution in [1.82, 2.24) is 15.1 Å². The number of methoxy groups -OCH3 is 1. The number of hydrogen-bond acceptors (Lipinski definition) is 5. The van der Waals surface area contributed by atoms with Gasteiger partial charge in [0.15, 0.2) is 0 Å². The zero-order chi connectivity index (χ0) is 22.4. The van der Waals surface area contributed by atoms with Gasteiger partial charge in [0.25, 0.3) is 0 Å². The summed E-state index contributed by atoms with van der Waals surface area (Å²) in [5.74, 6) is -1.46. The normalized spacial score (nSPS) is 15.9. The lowest BCUT2D eigenvalue weighted by Crippen LogP contribution is -2.49.